The van der Waals surface area contributed by atoms with Gasteiger partial charge in [0.2, 0.25) is 0 Å². The lowest BCUT2D eigenvalue weighted by Gasteiger charge is -2.32. The SMILES string of the molecule is CC(C)(C)OC(=O)C1(C2CCCCN2)CC1. The number of carbonyl (C=O) groups excluding carboxylic acids is 1. The van der Waals surface area contributed by atoms with Crippen LogP contribution in [0, 0.1) is 5.41 Å². The highest BCUT2D eigenvalue weighted by Gasteiger charge is 2.57. The first-order valence-electron chi connectivity index (χ1n) is 6.41. The molecule has 92 valence electrons. The fraction of sp³-hybridized carbons (Fsp3) is 0.923. The normalized spacial score (nSPS) is 28.6. The van der Waals surface area contributed by atoms with Crippen molar-refractivity contribution in [2.45, 2.75) is 64.5 Å². The highest BCUT2D eigenvalue weighted by Crippen LogP contribution is 2.52. The second-order valence-corrected chi connectivity index (χ2v) is 6.16. The molecular formula is C13H23NO2. The Labute approximate surface area is 97.9 Å². The molecule has 3 nitrogen and oxygen atoms in total. The van der Waals surface area contributed by atoms with Crippen molar-refractivity contribution in [3.8, 4) is 0 Å². The van der Waals surface area contributed by atoms with Gasteiger partial charge >= 0.3 is 5.97 Å². The van der Waals surface area contributed by atoms with Crippen molar-refractivity contribution in [2.24, 2.45) is 5.41 Å². The molecule has 3 heteroatoms. The van der Waals surface area contributed by atoms with E-state index < -0.39 is 0 Å². The third-order valence-corrected chi connectivity index (χ3v) is 3.57. The summed E-state index contributed by atoms with van der Waals surface area (Å²) in [7, 11) is 0. The average molecular weight is 225 g/mol. The van der Waals surface area contributed by atoms with E-state index in [9.17, 15) is 4.79 Å². The summed E-state index contributed by atoms with van der Waals surface area (Å²) in [5, 5.41) is 3.49. The number of hydrogen-bond acceptors (Lipinski definition) is 3. The van der Waals surface area contributed by atoms with Gasteiger partial charge in [0.1, 0.15) is 5.60 Å². The van der Waals surface area contributed by atoms with Crippen molar-refractivity contribution in [1.29, 1.82) is 0 Å². The third kappa shape index (κ3) is 2.40. The van der Waals surface area contributed by atoms with Gasteiger partial charge in [-0.1, -0.05) is 6.42 Å². The number of rotatable bonds is 2. The molecule has 1 saturated carbocycles. The Morgan fingerprint density at radius 2 is 2.00 bits per heavy atom. The van der Waals surface area contributed by atoms with Gasteiger partial charge in [-0.3, -0.25) is 4.79 Å². The van der Waals surface area contributed by atoms with E-state index in [2.05, 4.69) is 5.32 Å². The van der Waals surface area contributed by atoms with Crippen LogP contribution in [0.25, 0.3) is 0 Å². The number of carbonyl (C=O) groups is 1. The molecule has 0 spiro atoms. The van der Waals surface area contributed by atoms with E-state index in [1.54, 1.807) is 0 Å². The molecule has 1 aliphatic carbocycles. The summed E-state index contributed by atoms with van der Waals surface area (Å²) in [6.45, 7) is 6.87. The van der Waals surface area contributed by atoms with Crippen LogP contribution in [-0.2, 0) is 9.53 Å². The minimum atomic E-state index is -0.360. The minimum absolute atomic E-state index is 0.0133. The molecule has 1 saturated heterocycles. The van der Waals surface area contributed by atoms with Crippen molar-refractivity contribution in [3.05, 3.63) is 0 Å². The molecule has 0 bridgehead atoms. The monoisotopic (exact) mass is 225 g/mol. The molecular weight excluding hydrogens is 202 g/mol. The van der Waals surface area contributed by atoms with E-state index in [1.165, 1.54) is 12.8 Å². The van der Waals surface area contributed by atoms with Crippen LogP contribution in [-0.4, -0.2) is 24.2 Å². The molecule has 0 aromatic heterocycles. The van der Waals surface area contributed by atoms with E-state index >= 15 is 0 Å². The molecule has 0 amide bonds. The third-order valence-electron chi connectivity index (χ3n) is 3.57. The number of nitrogens with one attached hydrogen (secondary N) is 1. The second-order valence-electron chi connectivity index (χ2n) is 6.16. The largest absolute Gasteiger partial charge is 0.459 e. The van der Waals surface area contributed by atoms with Gasteiger partial charge in [-0.15, -0.1) is 0 Å². The highest BCUT2D eigenvalue weighted by atomic mass is 16.6. The van der Waals surface area contributed by atoms with Crippen LogP contribution in [0.15, 0.2) is 0 Å². The molecule has 1 aliphatic heterocycles. The van der Waals surface area contributed by atoms with Crippen molar-refractivity contribution in [3.63, 3.8) is 0 Å². The van der Waals surface area contributed by atoms with Gasteiger partial charge in [-0.05, 0) is 53.0 Å². The van der Waals surface area contributed by atoms with Crippen molar-refractivity contribution in [1.82, 2.24) is 5.32 Å². The summed E-state index contributed by atoms with van der Waals surface area (Å²) in [6, 6.07) is 0.357. The molecule has 0 aromatic rings. The highest BCUT2D eigenvalue weighted by molar-refractivity contribution is 5.81. The van der Waals surface area contributed by atoms with E-state index in [0.717, 1.165) is 25.8 Å². The molecule has 1 unspecified atom stereocenters. The van der Waals surface area contributed by atoms with E-state index in [0.29, 0.717) is 6.04 Å². The lowest BCUT2D eigenvalue weighted by atomic mass is 9.89. The molecule has 0 aromatic carbocycles. The Morgan fingerprint density at radius 3 is 2.44 bits per heavy atom. The summed E-state index contributed by atoms with van der Waals surface area (Å²) < 4.78 is 5.54. The maximum absolute atomic E-state index is 12.2. The first-order valence-corrected chi connectivity index (χ1v) is 6.41. The number of ether oxygens (including phenoxy) is 1. The fourth-order valence-corrected chi connectivity index (χ4v) is 2.53. The Hall–Kier alpha value is -0.570. The molecule has 1 atom stereocenters. The standard InChI is InChI=1S/C13H23NO2/c1-12(2,3)16-11(15)13(7-8-13)10-6-4-5-9-14-10/h10,14H,4-9H2,1-3H3. The average Bonchev–Trinajstić information content (AvgIpc) is 2.97. The van der Waals surface area contributed by atoms with Gasteiger partial charge in [0.15, 0.2) is 0 Å². The number of esters is 1. The topological polar surface area (TPSA) is 38.3 Å². The van der Waals surface area contributed by atoms with Crippen LogP contribution in [0.3, 0.4) is 0 Å². The zero-order chi connectivity index (χ0) is 11.8. The predicted octanol–water partition coefficient (Wildman–Crippen LogP) is 2.25. The quantitative estimate of drug-likeness (QED) is 0.733. The number of hydrogen-bond donors (Lipinski definition) is 1. The predicted molar refractivity (Wildman–Crippen MR) is 63.2 cm³/mol. The zero-order valence-corrected chi connectivity index (χ0v) is 10.6. The zero-order valence-electron chi connectivity index (χ0n) is 10.6. The first-order chi connectivity index (χ1) is 7.44. The van der Waals surface area contributed by atoms with Crippen LogP contribution >= 0.6 is 0 Å². The summed E-state index contributed by atoms with van der Waals surface area (Å²) in [6.07, 6.45) is 5.60. The molecule has 2 rings (SSSR count). The first kappa shape index (κ1) is 11.9. The van der Waals surface area contributed by atoms with E-state index in [4.69, 9.17) is 4.74 Å². The maximum atomic E-state index is 12.2. The lowest BCUT2D eigenvalue weighted by Crippen LogP contribution is -2.46. The molecule has 0 radical (unpaired) electrons. The fourth-order valence-electron chi connectivity index (χ4n) is 2.53. The van der Waals surface area contributed by atoms with Gasteiger partial charge in [-0.2, -0.15) is 0 Å². The summed E-state index contributed by atoms with van der Waals surface area (Å²) in [4.78, 5) is 12.2. The molecule has 1 heterocycles. The van der Waals surface area contributed by atoms with Gasteiger partial charge in [0.25, 0.3) is 0 Å². The lowest BCUT2D eigenvalue weighted by molar-refractivity contribution is -0.163. The van der Waals surface area contributed by atoms with Crippen LogP contribution in [0.1, 0.15) is 52.9 Å². The smallest absolute Gasteiger partial charge is 0.314 e. The van der Waals surface area contributed by atoms with Gasteiger partial charge < -0.3 is 10.1 Å². The van der Waals surface area contributed by atoms with Crippen molar-refractivity contribution >= 4 is 5.97 Å². The van der Waals surface area contributed by atoms with Crippen LogP contribution in [0.5, 0.6) is 0 Å². The van der Waals surface area contributed by atoms with Crippen LogP contribution in [0.4, 0.5) is 0 Å². The Kier molecular flexibility index (Phi) is 2.99. The van der Waals surface area contributed by atoms with E-state index in [-0.39, 0.29) is 17.0 Å². The Morgan fingerprint density at radius 1 is 1.31 bits per heavy atom. The molecule has 1 N–H and O–H groups in total. The van der Waals surface area contributed by atoms with Crippen LogP contribution < -0.4 is 5.32 Å². The molecule has 2 fully saturated rings. The maximum Gasteiger partial charge on any atom is 0.314 e. The Bertz CT molecular complexity index is 270. The molecule has 2 aliphatic rings. The summed E-state index contributed by atoms with van der Waals surface area (Å²) >= 11 is 0. The van der Waals surface area contributed by atoms with Gasteiger partial charge in [0.05, 0.1) is 5.41 Å². The van der Waals surface area contributed by atoms with Gasteiger partial charge in [-0.25, -0.2) is 0 Å². The number of piperidine rings is 1. The van der Waals surface area contributed by atoms with Crippen LogP contribution in [0.2, 0.25) is 0 Å². The second kappa shape index (κ2) is 4.02. The van der Waals surface area contributed by atoms with Gasteiger partial charge in [0, 0.05) is 6.04 Å². The van der Waals surface area contributed by atoms with Crippen molar-refractivity contribution in [2.75, 3.05) is 6.54 Å². The summed E-state index contributed by atoms with van der Waals surface area (Å²) in [5.74, 6) is 0.0133. The van der Waals surface area contributed by atoms with E-state index in [1.807, 2.05) is 20.8 Å². The minimum Gasteiger partial charge on any atom is -0.459 e. The van der Waals surface area contributed by atoms with Crippen molar-refractivity contribution < 1.29 is 9.53 Å². The summed E-state index contributed by atoms with van der Waals surface area (Å²) in [5.41, 5.74) is -0.547. The Balaban J connectivity index is 1.99. The molecule has 16 heavy (non-hydrogen) atoms.